The Morgan fingerprint density at radius 2 is 2.03 bits per heavy atom. The minimum Gasteiger partial charge on any atom is -0.507 e. The quantitative estimate of drug-likeness (QED) is 0.191. The van der Waals surface area contributed by atoms with E-state index in [1.807, 2.05) is 6.07 Å². The zero-order valence-corrected chi connectivity index (χ0v) is 18.4. The van der Waals surface area contributed by atoms with E-state index >= 15 is 0 Å². The topological polar surface area (TPSA) is 83.8 Å². The number of Topliss-reactive ketones (excluding diaryl/α,β-unsaturated/α-hetero) is 1. The van der Waals surface area contributed by atoms with E-state index in [0.717, 1.165) is 17.1 Å². The Kier molecular flexibility index (Phi) is 9.27. The molecule has 0 fully saturated rings. The molecule has 2 aromatic carbocycles. The number of thioether (sulfide) groups is 1. The highest BCUT2D eigenvalue weighted by Gasteiger charge is 2.17. The number of benzene rings is 2. The molecule has 0 aliphatic rings. The smallest absolute Gasteiger partial charge is 0.307 e. The molecule has 0 unspecified atom stereocenters. The van der Waals surface area contributed by atoms with Crippen LogP contribution >= 0.6 is 23.4 Å². The number of carbonyl (C=O) groups excluding carboxylic acids is 1. The predicted octanol–water partition coefficient (Wildman–Crippen LogP) is 5.56. The lowest BCUT2D eigenvalue weighted by molar-refractivity contribution is -0.136. The number of carboxylic acids is 1. The molecule has 0 aliphatic carbocycles. The number of hydrogen-bond acceptors (Lipinski definition) is 5. The van der Waals surface area contributed by atoms with Crippen LogP contribution in [-0.2, 0) is 17.6 Å². The maximum Gasteiger partial charge on any atom is 0.307 e. The Balaban J connectivity index is 1.92. The third-order valence-electron chi connectivity index (χ3n) is 4.37. The van der Waals surface area contributed by atoms with Gasteiger partial charge in [-0.05, 0) is 42.7 Å². The predicted molar refractivity (Wildman–Crippen MR) is 120 cm³/mol. The summed E-state index contributed by atoms with van der Waals surface area (Å²) >= 11 is 7.80. The number of phenols is 1. The number of ether oxygens (including phenoxy) is 1. The SMILES string of the molecule is C=CCc1c(OCCCSc2ccc(CC(=O)O)cc2Cl)ccc(C(=O)CC)c1O. The van der Waals surface area contributed by atoms with Crippen LogP contribution in [0, 0.1) is 0 Å². The Morgan fingerprint density at radius 3 is 2.67 bits per heavy atom. The van der Waals surface area contributed by atoms with Crippen LogP contribution in [0.25, 0.3) is 0 Å². The highest BCUT2D eigenvalue weighted by molar-refractivity contribution is 7.99. The van der Waals surface area contributed by atoms with Gasteiger partial charge in [0.05, 0.1) is 23.6 Å². The highest BCUT2D eigenvalue weighted by atomic mass is 35.5. The molecule has 160 valence electrons. The molecule has 2 aromatic rings. The van der Waals surface area contributed by atoms with E-state index in [9.17, 15) is 14.7 Å². The number of aromatic hydroxyl groups is 1. The van der Waals surface area contributed by atoms with Crippen molar-refractivity contribution in [3.8, 4) is 11.5 Å². The summed E-state index contributed by atoms with van der Waals surface area (Å²) in [6, 6.07) is 8.58. The lowest BCUT2D eigenvalue weighted by Crippen LogP contribution is -2.05. The molecule has 0 bridgehead atoms. The van der Waals surface area contributed by atoms with Crippen LogP contribution in [0.2, 0.25) is 5.02 Å². The maximum absolute atomic E-state index is 12.0. The lowest BCUT2D eigenvalue weighted by atomic mass is 10.0. The standard InChI is InChI=1S/C23H25ClO5S/c1-3-6-17-20(9-8-16(23(17)28)19(25)4-2)29-11-5-12-30-21-10-7-15(13-18(21)24)14-22(26)27/h3,7-10,13,28H,1,4-6,11-12,14H2,2H3,(H,26,27). The number of rotatable bonds is 12. The minimum atomic E-state index is -0.891. The molecule has 0 atom stereocenters. The van der Waals surface area contributed by atoms with E-state index in [2.05, 4.69) is 6.58 Å². The van der Waals surface area contributed by atoms with Gasteiger partial charge in [0.1, 0.15) is 11.5 Å². The van der Waals surface area contributed by atoms with Crippen molar-refractivity contribution in [3.63, 3.8) is 0 Å². The van der Waals surface area contributed by atoms with Crippen LogP contribution in [0.15, 0.2) is 47.9 Å². The van der Waals surface area contributed by atoms with Crippen molar-refractivity contribution >= 4 is 35.1 Å². The molecule has 0 spiro atoms. The van der Waals surface area contributed by atoms with Crippen LogP contribution in [0.4, 0.5) is 0 Å². The normalized spacial score (nSPS) is 10.6. The zero-order valence-electron chi connectivity index (χ0n) is 16.8. The Labute approximate surface area is 185 Å². The van der Waals surface area contributed by atoms with E-state index < -0.39 is 5.97 Å². The first-order chi connectivity index (χ1) is 14.4. The third-order valence-corrected chi connectivity index (χ3v) is 5.95. The summed E-state index contributed by atoms with van der Waals surface area (Å²) in [6.45, 7) is 5.90. The Hall–Kier alpha value is -2.44. The first-order valence-corrected chi connectivity index (χ1v) is 11.0. The summed E-state index contributed by atoms with van der Waals surface area (Å²) in [7, 11) is 0. The van der Waals surface area contributed by atoms with Crippen molar-refractivity contribution in [2.24, 2.45) is 0 Å². The second-order valence-corrected chi connectivity index (χ2v) is 8.14. The average Bonchev–Trinajstić information content (AvgIpc) is 2.70. The van der Waals surface area contributed by atoms with Crippen LogP contribution in [0.3, 0.4) is 0 Å². The molecule has 0 saturated carbocycles. The number of halogens is 1. The summed E-state index contributed by atoms with van der Waals surface area (Å²) in [6.07, 6.45) is 3.06. The molecule has 30 heavy (non-hydrogen) atoms. The number of carboxylic acid groups (broad SMARTS) is 1. The molecule has 0 aromatic heterocycles. The van der Waals surface area contributed by atoms with Crippen molar-refractivity contribution in [1.82, 2.24) is 0 Å². The summed E-state index contributed by atoms with van der Waals surface area (Å²) in [5.74, 6) is 0.250. The number of aliphatic carboxylic acids is 1. The van der Waals surface area contributed by atoms with Crippen molar-refractivity contribution in [1.29, 1.82) is 0 Å². The van der Waals surface area contributed by atoms with Gasteiger partial charge in [-0.3, -0.25) is 9.59 Å². The van der Waals surface area contributed by atoms with Gasteiger partial charge in [-0.25, -0.2) is 0 Å². The van der Waals surface area contributed by atoms with E-state index in [1.165, 1.54) is 0 Å². The van der Waals surface area contributed by atoms with E-state index in [1.54, 1.807) is 49.0 Å². The fourth-order valence-corrected chi connectivity index (χ4v) is 4.09. The minimum absolute atomic E-state index is 0.0399. The van der Waals surface area contributed by atoms with E-state index in [-0.39, 0.29) is 18.0 Å². The van der Waals surface area contributed by atoms with Crippen LogP contribution < -0.4 is 4.74 Å². The average molecular weight is 449 g/mol. The summed E-state index contributed by atoms with van der Waals surface area (Å²) in [4.78, 5) is 23.6. The van der Waals surface area contributed by atoms with Gasteiger partial charge >= 0.3 is 5.97 Å². The Bertz CT molecular complexity index is 926. The van der Waals surface area contributed by atoms with Crippen LogP contribution in [-0.4, -0.2) is 34.3 Å². The fraction of sp³-hybridized carbons (Fsp3) is 0.304. The third kappa shape index (κ3) is 6.54. The number of hydrogen-bond donors (Lipinski definition) is 2. The molecule has 2 N–H and O–H groups in total. The molecule has 0 radical (unpaired) electrons. The largest absolute Gasteiger partial charge is 0.507 e. The van der Waals surface area contributed by atoms with Crippen molar-refractivity contribution in [3.05, 3.63) is 64.7 Å². The van der Waals surface area contributed by atoms with Crippen molar-refractivity contribution in [2.75, 3.05) is 12.4 Å². The lowest BCUT2D eigenvalue weighted by Gasteiger charge is -2.14. The maximum atomic E-state index is 12.0. The zero-order chi connectivity index (χ0) is 22.1. The van der Waals surface area contributed by atoms with Gasteiger partial charge in [0, 0.05) is 22.6 Å². The van der Waals surface area contributed by atoms with Gasteiger partial charge < -0.3 is 14.9 Å². The molecular weight excluding hydrogens is 424 g/mol. The van der Waals surface area contributed by atoms with Gasteiger partial charge in [-0.15, -0.1) is 18.3 Å². The first kappa shape index (κ1) is 23.8. The molecule has 0 heterocycles. The van der Waals surface area contributed by atoms with Gasteiger partial charge in [-0.2, -0.15) is 0 Å². The summed E-state index contributed by atoms with van der Waals surface area (Å²) < 4.78 is 5.84. The number of ketones is 1. The van der Waals surface area contributed by atoms with Gasteiger partial charge in [0.15, 0.2) is 5.78 Å². The van der Waals surface area contributed by atoms with Crippen molar-refractivity contribution in [2.45, 2.75) is 37.5 Å². The fourth-order valence-electron chi connectivity index (χ4n) is 2.88. The number of phenolic OH excluding ortho intramolecular Hbond substituents is 1. The van der Waals surface area contributed by atoms with Crippen molar-refractivity contribution < 1.29 is 24.5 Å². The second-order valence-electron chi connectivity index (χ2n) is 6.59. The molecule has 0 saturated heterocycles. The number of carbonyl (C=O) groups is 2. The van der Waals surface area contributed by atoms with Gasteiger partial charge in [-0.1, -0.05) is 30.7 Å². The number of allylic oxidation sites excluding steroid dienone is 1. The van der Waals surface area contributed by atoms with Crippen LogP contribution in [0.5, 0.6) is 11.5 Å². The highest BCUT2D eigenvalue weighted by Crippen LogP contribution is 2.33. The molecule has 5 nitrogen and oxygen atoms in total. The monoisotopic (exact) mass is 448 g/mol. The summed E-state index contributed by atoms with van der Waals surface area (Å²) in [5, 5.41) is 19.8. The van der Waals surface area contributed by atoms with E-state index in [4.69, 9.17) is 21.4 Å². The molecule has 7 heteroatoms. The van der Waals surface area contributed by atoms with E-state index in [0.29, 0.717) is 46.9 Å². The molecular formula is C23H25ClO5S. The summed E-state index contributed by atoms with van der Waals surface area (Å²) in [5.41, 5.74) is 1.53. The molecule has 0 aliphatic heterocycles. The van der Waals surface area contributed by atoms with Gasteiger partial charge in [0.2, 0.25) is 0 Å². The Morgan fingerprint density at radius 1 is 1.27 bits per heavy atom. The van der Waals surface area contributed by atoms with Crippen LogP contribution in [0.1, 0.15) is 41.3 Å². The molecule has 2 rings (SSSR count). The molecule has 0 amide bonds. The van der Waals surface area contributed by atoms with Gasteiger partial charge in [0.25, 0.3) is 0 Å². The first-order valence-electron chi connectivity index (χ1n) is 9.62. The second kappa shape index (κ2) is 11.7.